The van der Waals surface area contributed by atoms with Gasteiger partial charge in [0.2, 0.25) is 5.28 Å². The van der Waals surface area contributed by atoms with E-state index >= 15 is 4.39 Å². The van der Waals surface area contributed by atoms with Crippen molar-refractivity contribution in [3.8, 4) is 21.8 Å². The van der Waals surface area contributed by atoms with E-state index in [4.69, 9.17) is 21.3 Å². The predicted octanol–water partition coefficient (Wildman–Crippen LogP) is 5.83. The normalized spacial score (nSPS) is 17.2. The highest BCUT2D eigenvalue weighted by Crippen LogP contribution is 2.42. The first-order chi connectivity index (χ1) is 14.7. The van der Waals surface area contributed by atoms with E-state index in [0.717, 1.165) is 37.3 Å². The fraction of sp³-hybridized carbons (Fsp3) is 0.350. The summed E-state index contributed by atoms with van der Waals surface area (Å²) in [5.74, 6) is -0.377. The van der Waals surface area contributed by atoms with Gasteiger partial charge in [0, 0.05) is 30.9 Å². The molecule has 1 aliphatic heterocycles. The maximum absolute atomic E-state index is 15.1. The zero-order valence-electron chi connectivity index (χ0n) is 16.0. The minimum atomic E-state index is -0.601. The molecule has 30 heavy (non-hydrogen) atoms. The van der Waals surface area contributed by atoms with Crippen LogP contribution >= 0.6 is 22.9 Å². The van der Waals surface area contributed by atoms with Crippen molar-refractivity contribution in [1.82, 2.24) is 15.0 Å². The van der Waals surface area contributed by atoms with Gasteiger partial charge < -0.3 is 4.74 Å². The molecule has 156 valence electrons. The topological polar surface area (TPSA) is 89.4 Å². The molecule has 1 unspecified atom stereocenters. The van der Waals surface area contributed by atoms with Crippen molar-refractivity contribution >= 4 is 28.6 Å². The van der Waals surface area contributed by atoms with Gasteiger partial charge in [-0.1, -0.05) is 12.5 Å². The van der Waals surface area contributed by atoms with Crippen molar-refractivity contribution < 1.29 is 9.13 Å². The van der Waals surface area contributed by atoms with Gasteiger partial charge in [-0.05, 0) is 49.1 Å². The lowest BCUT2D eigenvalue weighted by Crippen LogP contribution is -2.09. The molecule has 7 nitrogen and oxygen atoms in total. The Labute approximate surface area is 181 Å². The molecule has 1 aliphatic rings. The van der Waals surface area contributed by atoms with Crippen molar-refractivity contribution in [1.29, 1.82) is 0 Å². The Kier molecular flexibility index (Phi) is 6.61. The molecule has 1 aromatic carbocycles. The molecule has 0 radical (unpaired) electrons. The molecular weight excluding hydrogens is 429 g/mol. The smallest absolute Gasteiger partial charge is 0.222 e. The van der Waals surface area contributed by atoms with Crippen LogP contribution in [-0.4, -0.2) is 28.2 Å². The van der Waals surface area contributed by atoms with Crippen molar-refractivity contribution in [2.24, 2.45) is 5.29 Å². The lowest BCUT2D eigenvalue weighted by molar-refractivity contribution is 0.111. The number of rotatable bonds is 5. The molecule has 0 spiro atoms. The number of hydrogen-bond donors (Lipinski definition) is 1. The van der Waals surface area contributed by atoms with Crippen LogP contribution in [0.5, 0.6) is 0 Å². The zero-order chi connectivity index (χ0) is 20.9. The van der Waals surface area contributed by atoms with E-state index in [0.29, 0.717) is 22.9 Å². The van der Waals surface area contributed by atoms with Gasteiger partial charge in [-0.2, -0.15) is 0 Å². The highest BCUT2D eigenvalue weighted by Gasteiger charge is 2.25. The molecule has 1 saturated heterocycles. The van der Waals surface area contributed by atoms with Crippen molar-refractivity contribution in [3.63, 3.8) is 0 Å². The first-order valence-electron chi connectivity index (χ1n) is 9.62. The summed E-state index contributed by atoms with van der Waals surface area (Å²) in [5, 5.41) is 3.60. The Morgan fingerprint density at radius 3 is 2.93 bits per heavy atom. The largest absolute Gasteiger partial charge is 0.381 e. The Morgan fingerprint density at radius 1 is 1.20 bits per heavy atom. The first-order valence-corrected chi connectivity index (χ1v) is 10.8. The summed E-state index contributed by atoms with van der Waals surface area (Å²) in [6.45, 7) is 1.46. The fourth-order valence-electron chi connectivity index (χ4n) is 3.49. The summed E-state index contributed by atoms with van der Waals surface area (Å²) in [6.07, 6.45) is 5.48. The molecule has 0 saturated carbocycles. The quantitative estimate of drug-likeness (QED) is 0.301. The number of nitrogens with zero attached hydrogens (tertiary/aromatic N) is 4. The lowest BCUT2D eigenvalue weighted by Gasteiger charge is -2.17. The number of nitrogens with one attached hydrogen (secondary N) is 1. The molecule has 0 aliphatic carbocycles. The Hall–Kier alpha value is -2.49. The summed E-state index contributed by atoms with van der Waals surface area (Å²) in [7, 11) is 0. The number of hydrogen-bond acceptors (Lipinski definition) is 7. The number of nitroso groups, excluding NO2 is 1. The maximum atomic E-state index is 15.1. The van der Waals surface area contributed by atoms with Gasteiger partial charge in [-0.3, -0.25) is 0 Å². The fourth-order valence-corrected chi connectivity index (χ4v) is 4.86. The van der Waals surface area contributed by atoms with Gasteiger partial charge in [-0.15, -0.1) is 16.2 Å². The van der Waals surface area contributed by atoms with E-state index < -0.39 is 5.82 Å². The van der Waals surface area contributed by atoms with Crippen LogP contribution in [-0.2, 0) is 4.74 Å². The van der Waals surface area contributed by atoms with E-state index in [1.54, 1.807) is 24.4 Å². The third-order valence-corrected chi connectivity index (χ3v) is 6.40. The number of thiazole rings is 1. The maximum Gasteiger partial charge on any atom is 0.222 e. The molecule has 2 aromatic heterocycles. The van der Waals surface area contributed by atoms with Crippen molar-refractivity contribution in [2.45, 2.75) is 31.6 Å². The van der Waals surface area contributed by atoms with Crippen LogP contribution in [0, 0.1) is 10.7 Å². The van der Waals surface area contributed by atoms with Crippen molar-refractivity contribution in [3.05, 3.63) is 51.5 Å². The Balaban J connectivity index is 1.83. The third-order valence-electron chi connectivity index (χ3n) is 4.97. The van der Waals surface area contributed by atoms with Crippen LogP contribution in [0.4, 0.5) is 10.1 Å². The second-order valence-corrected chi connectivity index (χ2v) is 8.27. The molecule has 4 rings (SSSR count). The molecular formula is C20H19ClFN5O2S. The minimum absolute atomic E-state index is 0.0110. The number of benzene rings is 1. The summed E-state index contributed by atoms with van der Waals surface area (Å²) < 4.78 is 20.8. The van der Waals surface area contributed by atoms with Gasteiger partial charge in [0.05, 0.1) is 32.2 Å². The standard InChI is InChI=1S/C20H19ClFN5O2S/c21-20-23-9-7-15(24-20)18-17(13-5-3-6-14(16(13)22)26-27-28)25-19(30-18)12-4-1-2-10-29-11-8-12/h3,5-7,9,12H,1-2,4,8,10-11H2,(H,26,28). The predicted molar refractivity (Wildman–Crippen MR) is 115 cm³/mol. The van der Waals surface area contributed by atoms with Gasteiger partial charge in [0.25, 0.3) is 0 Å². The minimum Gasteiger partial charge on any atom is -0.381 e. The Bertz CT molecular complexity index is 1040. The monoisotopic (exact) mass is 447 g/mol. The first kappa shape index (κ1) is 20.8. The van der Waals surface area contributed by atoms with Crippen LogP contribution in [0.3, 0.4) is 0 Å². The Morgan fingerprint density at radius 2 is 2.10 bits per heavy atom. The molecule has 1 atom stereocenters. The second-order valence-electron chi connectivity index (χ2n) is 6.90. The van der Waals surface area contributed by atoms with Crippen LogP contribution in [0.2, 0.25) is 5.28 Å². The summed E-state index contributed by atoms with van der Waals surface area (Å²) in [6, 6.07) is 6.44. The van der Waals surface area contributed by atoms with Gasteiger partial charge in [-0.25, -0.2) is 24.8 Å². The number of halogens is 2. The SMILES string of the molecule is O=NNc1cccc(-c2nc(C3CCCCOCC3)sc2-c2ccnc(Cl)n2)c1F. The van der Waals surface area contributed by atoms with Crippen LogP contribution in [0.25, 0.3) is 21.8 Å². The van der Waals surface area contributed by atoms with Gasteiger partial charge >= 0.3 is 0 Å². The molecule has 10 heteroatoms. The molecule has 3 aromatic rings. The van der Waals surface area contributed by atoms with E-state index in [1.807, 2.05) is 0 Å². The average Bonchev–Trinajstić information content (AvgIpc) is 3.14. The highest BCUT2D eigenvalue weighted by atomic mass is 35.5. The highest BCUT2D eigenvalue weighted by molar-refractivity contribution is 7.15. The van der Waals surface area contributed by atoms with Crippen LogP contribution in [0.1, 0.15) is 36.6 Å². The van der Waals surface area contributed by atoms with E-state index in [1.165, 1.54) is 17.4 Å². The van der Waals surface area contributed by atoms with Crippen molar-refractivity contribution in [2.75, 3.05) is 18.6 Å². The summed E-state index contributed by atoms with van der Waals surface area (Å²) in [4.78, 5) is 24.4. The number of aromatic nitrogens is 3. The zero-order valence-corrected chi connectivity index (χ0v) is 17.5. The summed E-state index contributed by atoms with van der Waals surface area (Å²) >= 11 is 7.48. The summed E-state index contributed by atoms with van der Waals surface area (Å²) in [5.41, 5.74) is 3.43. The molecule has 0 bridgehead atoms. The van der Waals surface area contributed by atoms with Crippen LogP contribution in [0.15, 0.2) is 35.7 Å². The molecule has 3 heterocycles. The third kappa shape index (κ3) is 4.48. The van der Waals surface area contributed by atoms with Gasteiger partial charge in [0.15, 0.2) is 5.82 Å². The molecule has 1 N–H and O–H groups in total. The molecule has 1 fully saturated rings. The molecule has 0 amide bonds. The average molecular weight is 448 g/mol. The van der Waals surface area contributed by atoms with Gasteiger partial charge in [0.1, 0.15) is 0 Å². The van der Waals surface area contributed by atoms with E-state index in [-0.39, 0.29) is 22.5 Å². The number of ether oxygens (including phenoxy) is 1. The van der Waals surface area contributed by atoms with E-state index in [9.17, 15) is 4.91 Å². The van der Waals surface area contributed by atoms with Crippen LogP contribution < -0.4 is 5.43 Å². The lowest BCUT2D eigenvalue weighted by atomic mass is 9.98. The van der Waals surface area contributed by atoms with E-state index in [2.05, 4.69) is 20.7 Å². The number of anilines is 1. The second kappa shape index (κ2) is 9.55.